The molecule has 1 amide bonds. The second-order valence-electron chi connectivity index (χ2n) is 7.48. The van der Waals surface area contributed by atoms with E-state index in [4.69, 9.17) is 22.3 Å². The second kappa shape index (κ2) is 8.32. The van der Waals surface area contributed by atoms with Gasteiger partial charge < -0.3 is 11.1 Å². The number of nitrogens with zero attached hydrogens (tertiary/aromatic N) is 2. The predicted octanol–water partition coefficient (Wildman–Crippen LogP) is 4.96. The molecule has 3 N–H and O–H groups in total. The van der Waals surface area contributed by atoms with Gasteiger partial charge in [0.1, 0.15) is 16.7 Å². The number of fused-ring (bicyclic) bond motifs is 1. The van der Waals surface area contributed by atoms with Crippen molar-refractivity contribution in [1.29, 1.82) is 0 Å². The molecule has 1 aliphatic carbocycles. The number of hydrogen-bond acceptors (Lipinski definition) is 5. The van der Waals surface area contributed by atoms with E-state index in [1.807, 2.05) is 0 Å². The van der Waals surface area contributed by atoms with Crippen LogP contribution in [0, 0.1) is 11.7 Å². The first-order valence-electron chi connectivity index (χ1n) is 9.70. The van der Waals surface area contributed by atoms with Crippen molar-refractivity contribution < 1.29 is 9.18 Å². The van der Waals surface area contributed by atoms with Crippen LogP contribution in [0.2, 0.25) is 5.15 Å². The molecule has 1 fully saturated rings. The van der Waals surface area contributed by atoms with Gasteiger partial charge in [-0.05, 0) is 49.1 Å². The van der Waals surface area contributed by atoms with E-state index in [1.165, 1.54) is 6.07 Å². The lowest BCUT2D eigenvalue weighted by atomic mass is 9.75. The van der Waals surface area contributed by atoms with Gasteiger partial charge in [-0.1, -0.05) is 48.7 Å². The number of rotatable bonds is 3. The molecule has 0 saturated heterocycles. The van der Waals surface area contributed by atoms with Gasteiger partial charge in [0.15, 0.2) is 5.17 Å². The number of carbonyl (C=O) groups excluding carboxylic acids is 1. The summed E-state index contributed by atoms with van der Waals surface area (Å²) in [7, 11) is 0. The van der Waals surface area contributed by atoms with Crippen LogP contribution in [0.3, 0.4) is 0 Å². The van der Waals surface area contributed by atoms with Gasteiger partial charge in [-0.15, -0.1) is 0 Å². The number of hydrogen-bond donors (Lipinski definition) is 2. The highest BCUT2D eigenvalue weighted by Crippen LogP contribution is 2.49. The smallest absolute Gasteiger partial charge is 0.274 e. The van der Waals surface area contributed by atoms with Crippen LogP contribution in [0.4, 0.5) is 10.1 Å². The topological polar surface area (TPSA) is 80.4 Å². The first-order valence-corrected chi connectivity index (χ1v) is 11.1. The molecule has 5 nitrogen and oxygen atoms in total. The zero-order valence-corrected chi connectivity index (χ0v) is 17.4. The second-order valence-corrected chi connectivity index (χ2v) is 8.90. The Morgan fingerprint density at radius 3 is 2.97 bits per heavy atom. The number of nitrogens with two attached hydrogens (primary N) is 1. The van der Waals surface area contributed by atoms with Crippen LogP contribution in [0.5, 0.6) is 0 Å². The van der Waals surface area contributed by atoms with Crippen molar-refractivity contribution >= 4 is 40.1 Å². The molecule has 152 valence electrons. The van der Waals surface area contributed by atoms with Crippen LogP contribution >= 0.6 is 23.4 Å². The Hall–Kier alpha value is -2.12. The predicted molar refractivity (Wildman–Crippen MR) is 116 cm³/mol. The van der Waals surface area contributed by atoms with E-state index in [9.17, 15) is 4.79 Å². The number of amides is 1. The molecule has 0 spiro atoms. The minimum absolute atomic E-state index is 0.199. The summed E-state index contributed by atoms with van der Waals surface area (Å²) in [5, 5.41) is 3.54. The van der Waals surface area contributed by atoms with Gasteiger partial charge in [0, 0.05) is 17.0 Å². The fourth-order valence-corrected chi connectivity index (χ4v) is 5.47. The Morgan fingerprint density at radius 1 is 1.28 bits per heavy atom. The number of nitrogens with one attached hydrogen (secondary N) is 1. The molecule has 2 heterocycles. The first kappa shape index (κ1) is 20.2. The number of thioether (sulfide) groups is 1. The summed E-state index contributed by atoms with van der Waals surface area (Å²) in [4.78, 5) is 21.4. The maximum atomic E-state index is 15.0. The molecule has 2 aliphatic rings. The highest BCUT2D eigenvalue weighted by atomic mass is 35.5. The van der Waals surface area contributed by atoms with Crippen molar-refractivity contribution in [2.24, 2.45) is 16.6 Å². The fraction of sp³-hybridized carbons (Fsp3) is 0.381. The number of anilines is 1. The van der Waals surface area contributed by atoms with Crippen LogP contribution in [-0.4, -0.2) is 21.8 Å². The zero-order chi connectivity index (χ0) is 20.4. The molecule has 4 rings (SSSR count). The van der Waals surface area contributed by atoms with Gasteiger partial charge in [0.05, 0.1) is 5.54 Å². The summed E-state index contributed by atoms with van der Waals surface area (Å²) < 4.78 is 15.0. The number of halogens is 2. The van der Waals surface area contributed by atoms with E-state index in [1.54, 1.807) is 42.1 Å². The molecule has 1 aromatic carbocycles. The van der Waals surface area contributed by atoms with E-state index in [2.05, 4.69) is 10.3 Å². The third kappa shape index (κ3) is 4.12. The molecule has 1 saturated carbocycles. The quantitative estimate of drug-likeness (QED) is 0.671. The molecule has 2 atom stereocenters. The summed E-state index contributed by atoms with van der Waals surface area (Å²) in [5.41, 5.74) is 6.60. The van der Waals surface area contributed by atoms with Crippen molar-refractivity contribution in [3.63, 3.8) is 0 Å². The number of aromatic nitrogens is 1. The summed E-state index contributed by atoms with van der Waals surface area (Å²) in [6, 6.07) is 9.47. The highest BCUT2D eigenvalue weighted by Gasteiger charge is 2.45. The van der Waals surface area contributed by atoms with Crippen molar-refractivity contribution in [3.8, 4) is 0 Å². The Bertz CT molecular complexity index is 969. The zero-order valence-electron chi connectivity index (χ0n) is 15.8. The fourth-order valence-electron chi connectivity index (χ4n) is 4.27. The molecule has 0 unspecified atom stereocenters. The Morgan fingerprint density at radius 2 is 2.14 bits per heavy atom. The Kier molecular flexibility index (Phi) is 5.79. The molecule has 2 aromatic rings. The lowest BCUT2D eigenvalue weighted by Gasteiger charge is -2.40. The summed E-state index contributed by atoms with van der Waals surface area (Å²) in [6.45, 7) is 0. The Balaban J connectivity index is 1.70. The minimum atomic E-state index is -0.676. The minimum Gasteiger partial charge on any atom is -0.379 e. The van der Waals surface area contributed by atoms with Crippen LogP contribution in [0.1, 0.15) is 48.2 Å². The summed E-state index contributed by atoms with van der Waals surface area (Å²) in [6.07, 6.45) is 4.94. The van der Waals surface area contributed by atoms with Gasteiger partial charge in [-0.3, -0.25) is 9.79 Å². The van der Waals surface area contributed by atoms with E-state index >= 15 is 4.39 Å². The largest absolute Gasteiger partial charge is 0.379 e. The third-order valence-electron chi connectivity index (χ3n) is 5.67. The number of aliphatic imine (C=N–C) groups is 1. The van der Waals surface area contributed by atoms with Gasteiger partial charge in [-0.25, -0.2) is 9.37 Å². The standard InChI is InChI=1S/C21H22ClFN4OS/c22-18-7-4-6-17(26-18)19(28)25-14-8-9-16(23)15(11-14)21-10-3-1-2-5-13(21)12-29-20(24)27-21/h4,6-9,11,13H,1-3,5,10,12H2,(H2,24,27)(H,25,28)/t13-,21-/m0/s1. The van der Waals surface area contributed by atoms with Crippen LogP contribution in [0.25, 0.3) is 0 Å². The van der Waals surface area contributed by atoms with Crippen molar-refractivity contribution in [2.75, 3.05) is 11.1 Å². The molecular formula is C21H22ClFN4OS. The van der Waals surface area contributed by atoms with Crippen LogP contribution in [0.15, 0.2) is 41.4 Å². The van der Waals surface area contributed by atoms with Gasteiger partial charge in [0.2, 0.25) is 0 Å². The molecule has 1 aliphatic heterocycles. The highest BCUT2D eigenvalue weighted by molar-refractivity contribution is 8.13. The van der Waals surface area contributed by atoms with Gasteiger partial charge in [-0.2, -0.15) is 0 Å². The van der Waals surface area contributed by atoms with Gasteiger partial charge >= 0.3 is 0 Å². The van der Waals surface area contributed by atoms with Crippen LogP contribution < -0.4 is 11.1 Å². The molecule has 0 bridgehead atoms. The SMILES string of the molecule is NC1=N[C@@]2(c3cc(NC(=O)c4cccc(Cl)n4)ccc3F)CCCCC[C@H]2CS1. The lowest BCUT2D eigenvalue weighted by molar-refractivity contribution is 0.102. The number of benzene rings is 1. The first-order chi connectivity index (χ1) is 14.0. The number of amidine groups is 1. The third-order valence-corrected chi connectivity index (χ3v) is 6.83. The Labute approximate surface area is 178 Å². The van der Waals surface area contributed by atoms with E-state index in [-0.39, 0.29) is 22.6 Å². The summed E-state index contributed by atoms with van der Waals surface area (Å²) in [5.74, 6) is 0.330. The monoisotopic (exact) mass is 432 g/mol. The van der Waals surface area contributed by atoms with E-state index in [0.29, 0.717) is 16.4 Å². The molecule has 1 aromatic heterocycles. The van der Waals surface area contributed by atoms with E-state index < -0.39 is 11.4 Å². The molecule has 29 heavy (non-hydrogen) atoms. The maximum Gasteiger partial charge on any atom is 0.274 e. The van der Waals surface area contributed by atoms with Crippen molar-refractivity contribution in [2.45, 2.75) is 37.6 Å². The van der Waals surface area contributed by atoms with Crippen LogP contribution in [-0.2, 0) is 5.54 Å². The van der Waals surface area contributed by atoms with Crippen molar-refractivity contribution in [1.82, 2.24) is 4.98 Å². The molecule has 8 heteroatoms. The summed E-state index contributed by atoms with van der Waals surface area (Å²) >= 11 is 7.42. The molecular weight excluding hydrogens is 411 g/mol. The normalized spacial score (nSPS) is 24.2. The maximum absolute atomic E-state index is 15.0. The lowest BCUT2D eigenvalue weighted by Crippen LogP contribution is -2.40. The van der Waals surface area contributed by atoms with E-state index in [0.717, 1.165) is 37.9 Å². The average molecular weight is 433 g/mol. The average Bonchev–Trinajstić information content (AvgIpc) is 2.92. The van der Waals surface area contributed by atoms with Gasteiger partial charge in [0.25, 0.3) is 5.91 Å². The van der Waals surface area contributed by atoms with Crippen molar-refractivity contribution in [3.05, 3.63) is 58.6 Å². The molecule has 0 radical (unpaired) electrons. The number of pyridine rings is 1. The number of carbonyl (C=O) groups is 1.